The van der Waals surface area contributed by atoms with Crippen LogP contribution in [0.1, 0.15) is 12.2 Å². The zero-order valence-electron chi connectivity index (χ0n) is 11.7. The fraction of sp³-hybridized carbons (Fsp3) is 0.357. The molecule has 0 bridgehead atoms. The first-order chi connectivity index (χ1) is 10.6. The monoisotopic (exact) mass is 307 g/mol. The van der Waals surface area contributed by atoms with Gasteiger partial charge in [-0.3, -0.25) is 4.79 Å². The van der Waals surface area contributed by atoms with Crippen LogP contribution < -0.4 is 15.4 Å². The molecule has 22 heavy (non-hydrogen) atoms. The number of hydrogen-bond acceptors (Lipinski definition) is 5. The molecule has 0 unspecified atom stereocenters. The van der Waals surface area contributed by atoms with Crippen molar-refractivity contribution in [2.45, 2.75) is 6.43 Å². The summed E-state index contributed by atoms with van der Waals surface area (Å²) in [7, 11) is 0. The lowest BCUT2D eigenvalue weighted by molar-refractivity contribution is 0.140. The highest BCUT2D eigenvalue weighted by Gasteiger charge is 2.20. The molecule has 2 aromatic heterocycles. The average molecular weight is 307 g/mol. The van der Waals surface area contributed by atoms with Gasteiger partial charge in [-0.2, -0.15) is 0 Å². The third-order valence-corrected chi connectivity index (χ3v) is 3.59. The molecule has 8 heteroatoms. The lowest BCUT2D eigenvalue weighted by Gasteiger charge is -2.36. The van der Waals surface area contributed by atoms with Gasteiger partial charge in [-0.1, -0.05) is 0 Å². The number of rotatable bonds is 3. The first-order valence-electron chi connectivity index (χ1n) is 6.93. The molecule has 1 saturated heterocycles. The smallest absolute Gasteiger partial charge is 0.297 e. The number of hydrogen-bond donors (Lipinski definition) is 1. The highest BCUT2D eigenvalue weighted by Crippen LogP contribution is 2.20. The number of alkyl halides is 2. The van der Waals surface area contributed by atoms with Crippen molar-refractivity contribution in [2.75, 3.05) is 36.0 Å². The maximum atomic E-state index is 12.6. The summed E-state index contributed by atoms with van der Waals surface area (Å²) in [5, 5.41) is 0. The van der Waals surface area contributed by atoms with E-state index in [1.54, 1.807) is 18.3 Å². The first kappa shape index (κ1) is 14.4. The van der Waals surface area contributed by atoms with E-state index in [1.165, 1.54) is 12.3 Å². The second-order valence-corrected chi connectivity index (χ2v) is 4.96. The van der Waals surface area contributed by atoms with E-state index < -0.39 is 12.2 Å². The third-order valence-electron chi connectivity index (χ3n) is 3.59. The molecule has 1 aliphatic heterocycles. The van der Waals surface area contributed by atoms with Crippen LogP contribution in [0.4, 0.5) is 20.3 Å². The number of nitrogens with one attached hydrogen (secondary N) is 1. The molecular formula is C14H15F2N5O. The largest absolute Gasteiger partial charge is 0.367 e. The summed E-state index contributed by atoms with van der Waals surface area (Å²) in [6, 6.07) is 4.90. The Hall–Kier alpha value is -2.51. The average Bonchev–Trinajstić information content (AvgIpc) is 2.56. The van der Waals surface area contributed by atoms with Crippen LogP contribution in [0, 0.1) is 0 Å². The first-order valence-corrected chi connectivity index (χ1v) is 6.93. The van der Waals surface area contributed by atoms with Gasteiger partial charge < -0.3 is 14.8 Å². The molecule has 0 saturated carbocycles. The normalized spacial score (nSPS) is 15.4. The topological polar surface area (TPSA) is 65.1 Å². The summed E-state index contributed by atoms with van der Waals surface area (Å²) in [4.78, 5) is 25.3. The van der Waals surface area contributed by atoms with Crippen molar-refractivity contribution in [2.24, 2.45) is 0 Å². The highest BCUT2D eigenvalue weighted by atomic mass is 19.3. The summed E-state index contributed by atoms with van der Waals surface area (Å²) in [6.45, 7) is 2.78. The van der Waals surface area contributed by atoms with E-state index in [-0.39, 0.29) is 5.56 Å². The molecule has 3 heterocycles. The van der Waals surface area contributed by atoms with Crippen LogP contribution in [0.15, 0.2) is 35.4 Å². The molecule has 1 N–H and O–H groups in total. The zero-order valence-corrected chi connectivity index (χ0v) is 11.7. The van der Waals surface area contributed by atoms with E-state index in [9.17, 15) is 13.6 Å². The number of piperazine rings is 1. The van der Waals surface area contributed by atoms with Gasteiger partial charge in [0.1, 0.15) is 5.82 Å². The Morgan fingerprint density at radius 2 is 1.82 bits per heavy atom. The summed E-state index contributed by atoms with van der Waals surface area (Å²) in [5.74, 6) is 0.0759. The highest BCUT2D eigenvalue weighted by molar-refractivity contribution is 5.47. The van der Waals surface area contributed by atoms with E-state index in [4.69, 9.17) is 0 Å². The molecule has 2 aromatic rings. The fourth-order valence-corrected chi connectivity index (χ4v) is 2.44. The van der Waals surface area contributed by atoms with E-state index in [2.05, 4.69) is 19.9 Å². The Balaban J connectivity index is 1.67. The van der Waals surface area contributed by atoms with Gasteiger partial charge in [0.15, 0.2) is 5.82 Å². The van der Waals surface area contributed by atoms with Crippen LogP contribution in [0.2, 0.25) is 0 Å². The molecule has 0 atom stereocenters. The van der Waals surface area contributed by atoms with Crippen LogP contribution >= 0.6 is 0 Å². The quantitative estimate of drug-likeness (QED) is 0.929. The van der Waals surface area contributed by atoms with Crippen LogP contribution in [0.3, 0.4) is 0 Å². The van der Waals surface area contributed by atoms with Gasteiger partial charge >= 0.3 is 0 Å². The molecule has 0 amide bonds. The molecule has 3 rings (SSSR count). The Morgan fingerprint density at radius 1 is 1.09 bits per heavy atom. The maximum Gasteiger partial charge on any atom is 0.297 e. The Morgan fingerprint density at radius 3 is 2.45 bits per heavy atom. The van der Waals surface area contributed by atoms with Gasteiger partial charge in [0.2, 0.25) is 5.56 Å². The molecular weight excluding hydrogens is 292 g/mol. The van der Waals surface area contributed by atoms with Crippen molar-refractivity contribution in [3.05, 3.63) is 46.8 Å². The minimum absolute atomic E-state index is 0.136. The number of pyridine rings is 1. The van der Waals surface area contributed by atoms with E-state index in [1.807, 2.05) is 4.90 Å². The molecule has 0 radical (unpaired) electrons. The lowest BCUT2D eigenvalue weighted by atomic mass is 10.2. The molecule has 1 fully saturated rings. The van der Waals surface area contributed by atoms with Gasteiger partial charge in [0.25, 0.3) is 6.43 Å². The predicted octanol–water partition coefficient (Wildman–Crippen LogP) is 1.43. The zero-order chi connectivity index (χ0) is 15.5. The Kier molecular flexibility index (Phi) is 3.99. The SMILES string of the molecule is O=c1ccc(N2CCN(c3ccnc(C(F)F)n3)CC2)c[nH]1. The van der Waals surface area contributed by atoms with E-state index in [0.29, 0.717) is 18.9 Å². The van der Waals surface area contributed by atoms with Crippen LogP contribution in [-0.4, -0.2) is 41.1 Å². The van der Waals surface area contributed by atoms with E-state index in [0.717, 1.165) is 18.8 Å². The predicted molar refractivity (Wildman–Crippen MR) is 78.5 cm³/mol. The van der Waals surface area contributed by atoms with Gasteiger partial charge in [-0.15, -0.1) is 0 Å². The number of aromatic nitrogens is 3. The molecule has 0 aliphatic carbocycles. The van der Waals surface area contributed by atoms with Crippen molar-refractivity contribution in [3.63, 3.8) is 0 Å². The fourth-order valence-electron chi connectivity index (χ4n) is 2.44. The van der Waals surface area contributed by atoms with Crippen molar-refractivity contribution in [3.8, 4) is 0 Å². The second-order valence-electron chi connectivity index (χ2n) is 4.96. The van der Waals surface area contributed by atoms with Gasteiger partial charge in [-0.25, -0.2) is 18.7 Å². The van der Waals surface area contributed by atoms with Crippen LogP contribution in [0.25, 0.3) is 0 Å². The molecule has 116 valence electrons. The number of anilines is 2. The van der Waals surface area contributed by atoms with Gasteiger partial charge in [0.05, 0.1) is 5.69 Å². The second kappa shape index (κ2) is 6.08. The molecule has 0 spiro atoms. The van der Waals surface area contributed by atoms with E-state index >= 15 is 0 Å². The van der Waals surface area contributed by atoms with Crippen molar-refractivity contribution >= 4 is 11.5 Å². The summed E-state index contributed by atoms with van der Waals surface area (Å²) < 4.78 is 25.3. The number of aromatic amines is 1. The maximum absolute atomic E-state index is 12.6. The molecule has 1 aliphatic rings. The van der Waals surface area contributed by atoms with Crippen molar-refractivity contribution < 1.29 is 8.78 Å². The van der Waals surface area contributed by atoms with Crippen molar-refractivity contribution in [1.82, 2.24) is 15.0 Å². The number of halogens is 2. The van der Waals surface area contributed by atoms with Crippen LogP contribution in [0.5, 0.6) is 0 Å². The number of H-pyrrole nitrogens is 1. The summed E-state index contributed by atoms with van der Waals surface area (Å²) in [5.41, 5.74) is 0.804. The summed E-state index contributed by atoms with van der Waals surface area (Å²) >= 11 is 0. The third kappa shape index (κ3) is 3.05. The minimum atomic E-state index is -2.66. The lowest BCUT2D eigenvalue weighted by Crippen LogP contribution is -2.47. The van der Waals surface area contributed by atoms with Gasteiger partial charge in [0, 0.05) is 44.6 Å². The standard InChI is InChI=1S/C14H15F2N5O/c15-13(16)14-17-4-3-11(19-14)21-7-5-20(6-8-21)10-1-2-12(22)18-9-10/h1-4,9,13H,5-8H2,(H,18,22). The van der Waals surface area contributed by atoms with Crippen molar-refractivity contribution in [1.29, 1.82) is 0 Å². The minimum Gasteiger partial charge on any atom is -0.367 e. The number of nitrogens with zero attached hydrogens (tertiary/aromatic N) is 4. The molecule has 6 nitrogen and oxygen atoms in total. The Labute approximate surface area is 125 Å². The van der Waals surface area contributed by atoms with Gasteiger partial charge in [-0.05, 0) is 12.1 Å². The molecule has 0 aromatic carbocycles. The van der Waals surface area contributed by atoms with Crippen LogP contribution in [-0.2, 0) is 0 Å². The Bertz CT molecular complexity index is 677. The summed E-state index contributed by atoms with van der Waals surface area (Å²) in [6.07, 6.45) is 0.373.